The van der Waals surface area contributed by atoms with Crippen molar-refractivity contribution in [1.82, 2.24) is 30.2 Å². The summed E-state index contributed by atoms with van der Waals surface area (Å²) in [6, 6.07) is 7.72. The Kier molecular flexibility index (Phi) is 13.6. The number of amides is 4. The van der Waals surface area contributed by atoms with Crippen LogP contribution in [0.3, 0.4) is 0 Å². The molecule has 4 aliphatic rings. The number of alkyl carbamates (subject to hydrolysis) is 1. The van der Waals surface area contributed by atoms with Gasteiger partial charge in [0.1, 0.15) is 35.2 Å². The molecule has 8 atom stereocenters. The molecule has 1 saturated heterocycles. The predicted molar refractivity (Wildman–Crippen MR) is 231 cm³/mol. The zero-order chi connectivity index (χ0) is 47.0. The van der Waals surface area contributed by atoms with Crippen molar-refractivity contribution >= 4 is 44.6 Å². The first-order valence-electron chi connectivity index (χ1n) is 21.8. The molecule has 2 aliphatic heterocycles. The minimum absolute atomic E-state index is 0.0539. The Morgan fingerprint density at radius 2 is 1.74 bits per heavy atom. The molecule has 3 aromatic rings. The Balaban J connectivity index is 1.25. The molecule has 1 aromatic carbocycles. The summed E-state index contributed by atoms with van der Waals surface area (Å²) in [5.74, 6) is -2.55. The van der Waals surface area contributed by atoms with Gasteiger partial charge in [0.2, 0.25) is 27.7 Å². The third kappa shape index (κ3) is 10.9. The fraction of sp³-hybridized carbons (Fsp3) is 0.556. The number of ether oxygens (including phenoxy) is 4. The molecule has 0 bridgehead atoms. The molecule has 20 heteroatoms. The molecule has 2 aromatic heterocycles. The standard InChI is InChI=1S/C45H55F3N6O10S/c1-24(2)62-31-12-16-35(49-22-31)36-19-28-18-30(61-6)11-15-34(28)40(50-36)64-32-20-37-39(55)52-44(42(57)53-65(59,60)33-13-14-33)21-29(44)10-8-7-9-25(3)17-26(4)38(41(56)54(37)23-32)51-43(58)63-27(5)45(46,47)48/h8,10-12,15-16,18-19,22,24-27,29,32-33,37-38H,7,9,13-14,17,20-21,23H2,1-6H3,(H,51,58)(H,52,55)(H,53,57)/b10-8-/t25-,26-,27-,29?,32-,37+,38+,44-/m1/s1. The van der Waals surface area contributed by atoms with E-state index in [1.54, 1.807) is 55.6 Å². The Morgan fingerprint density at radius 3 is 2.40 bits per heavy atom. The first-order valence-corrected chi connectivity index (χ1v) is 23.4. The van der Waals surface area contributed by atoms with Crippen LogP contribution in [0, 0.1) is 17.8 Å². The highest BCUT2D eigenvalue weighted by Crippen LogP contribution is 2.46. The van der Waals surface area contributed by atoms with Crippen LogP contribution >= 0.6 is 0 Å². The second-order valence-corrected chi connectivity index (χ2v) is 19.9. The molecule has 2 aliphatic carbocycles. The van der Waals surface area contributed by atoms with E-state index in [9.17, 15) is 40.8 Å². The van der Waals surface area contributed by atoms with Crippen LogP contribution in [0.5, 0.6) is 17.4 Å². The number of nitrogens with one attached hydrogen (secondary N) is 3. The molecule has 7 rings (SSSR count). The number of rotatable bonds is 11. The lowest BCUT2D eigenvalue weighted by Gasteiger charge is -2.33. The van der Waals surface area contributed by atoms with Crippen molar-refractivity contribution in [1.29, 1.82) is 0 Å². The summed E-state index contributed by atoms with van der Waals surface area (Å²) in [7, 11) is -2.49. The van der Waals surface area contributed by atoms with Crippen molar-refractivity contribution in [3.05, 3.63) is 54.7 Å². The van der Waals surface area contributed by atoms with E-state index in [1.807, 2.05) is 26.8 Å². The van der Waals surface area contributed by atoms with E-state index in [0.29, 0.717) is 72.7 Å². The molecule has 3 N–H and O–H groups in total. The third-order valence-electron chi connectivity index (χ3n) is 12.3. The smallest absolute Gasteiger partial charge is 0.425 e. The van der Waals surface area contributed by atoms with Crippen molar-refractivity contribution in [3.8, 4) is 28.8 Å². The van der Waals surface area contributed by atoms with Crippen LogP contribution in [0.2, 0.25) is 0 Å². The topological polar surface area (TPSA) is 204 Å². The van der Waals surface area contributed by atoms with Gasteiger partial charge < -0.3 is 34.5 Å². The van der Waals surface area contributed by atoms with Crippen LogP contribution in [0.4, 0.5) is 18.0 Å². The van der Waals surface area contributed by atoms with Crippen molar-refractivity contribution in [2.45, 2.75) is 127 Å². The number of carbonyl (C=O) groups excluding carboxylic acids is 4. The number of hydrogen-bond acceptors (Lipinski definition) is 12. The van der Waals surface area contributed by atoms with Crippen molar-refractivity contribution in [2.75, 3.05) is 13.7 Å². The van der Waals surface area contributed by atoms with Crippen LogP contribution in [0.25, 0.3) is 22.2 Å². The van der Waals surface area contributed by atoms with Gasteiger partial charge in [-0.3, -0.25) is 24.1 Å². The summed E-state index contributed by atoms with van der Waals surface area (Å²) in [6.07, 6.45) is -2.44. The van der Waals surface area contributed by atoms with Crippen LogP contribution in [-0.2, 0) is 29.1 Å². The minimum Gasteiger partial charge on any atom is -0.497 e. The zero-order valence-corrected chi connectivity index (χ0v) is 37.8. The van der Waals surface area contributed by atoms with Crippen molar-refractivity contribution in [2.24, 2.45) is 17.8 Å². The SMILES string of the molecule is COc1ccc2c(O[C@@H]3C[C@H]4C(=O)N[C@]5(C(=O)NS(=O)(=O)C6CC6)CC5/C=C\CC[C@@H](C)C[C@@H](C)[C@H](NC(=O)O[C@H](C)C(F)(F)F)C(=O)N4C3)nc(-c3ccc(OC(C)C)cn3)cc2c1. The number of aromatic nitrogens is 2. The molecule has 2 saturated carbocycles. The lowest BCUT2D eigenvalue weighted by atomic mass is 9.88. The summed E-state index contributed by atoms with van der Waals surface area (Å²) in [6.45, 7) is 7.81. The number of sulfonamides is 1. The molecule has 0 spiro atoms. The Labute approximate surface area is 375 Å². The summed E-state index contributed by atoms with van der Waals surface area (Å²) >= 11 is 0. The Bertz CT molecular complexity index is 2430. The van der Waals surface area contributed by atoms with E-state index in [4.69, 9.17) is 19.2 Å². The summed E-state index contributed by atoms with van der Waals surface area (Å²) < 4.78 is 91.1. The van der Waals surface area contributed by atoms with E-state index in [0.717, 1.165) is 0 Å². The molecular formula is C45H55F3N6O10S. The molecule has 16 nitrogen and oxygen atoms in total. The maximum Gasteiger partial charge on any atom is 0.425 e. The Morgan fingerprint density at radius 1 is 1.00 bits per heavy atom. The quantitative estimate of drug-likeness (QED) is 0.190. The van der Waals surface area contributed by atoms with Gasteiger partial charge in [-0.1, -0.05) is 26.0 Å². The average Bonchev–Trinajstić information content (AvgIpc) is 4.17. The molecule has 4 heterocycles. The number of fused-ring (bicyclic) bond motifs is 3. The first kappa shape index (κ1) is 47.3. The van der Waals surface area contributed by atoms with E-state index < -0.39 is 86.9 Å². The number of benzene rings is 1. The molecule has 1 unspecified atom stereocenters. The van der Waals surface area contributed by atoms with Crippen LogP contribution in [0.15, 0.2) is 54.7 Å². The highest BCUT2D eigenvalue weighted by molar-refractivity contribution is 7.91. The fourth-order valence-electron chi connectivity index (χ4n) is 8.47. The molecular weight excluding hydrogens is 874 g/mol. The Hall–Kier alpha value is -5.66. The molecule has 0 radical (unpaired) electrons. The van der Waals surface area contributed by atoms with Gasteiger partial charge in [-0.15, -0.1) is 0 Å². The molecule has 3 fully saturated rings. The normalized spacial score (nSPS) is 27.3. The van der Waals surface area contributed by atoms with Gasteiger partial charge in [-0.05, 0) is 113 Å². The highest BCUT2D eigenvalue weighted by Gasteiger charge is 2.62. The van der Waals surface area contributed by atoms with Crippen LogP contribution < -0.4 is 29.6 Å². The fourth-order valence-corrected chi connectivity index (χ4v) is 9.83. The van der Waals surface area contributed by atoms with Crippen molar-refractivity contribution < 1.29 is 59.7 Å². The van der Waals surface area contributed by atoms with Crippen LogP contribution in [-0.4, -0.2) is 108 Å². The minimum atomic E-state index is -4.87. The molecule has 65 heavy (non-hydrogen) atoms. The third-order valence-corrected chi connectivity index (χ3v) is 14.1. The monoisotopic (exact) mass is 928 g/mol. The second-order valence-electron chi connectivity index (χ2n) is 17.9. The number of pyridine rings is 2. The van der Waals surface area contributed by atoms with Gasteiger partial charge in [0.25, 0.3) is 5.91 Å². The van der Waals surface area contributed by atoms with Crippen LogP contribution in [0.1, 0.15) is 79.6 Å². The van der Waals surface area contributed by atoms with E-state index in [2.05, 4.69) is 25.1 Å². The maximum atomic E-state index is 14.9. The summed E-state index contributed by atoms with van der Waals surface area (Å²) in [4.78, 5) is 67.2. The second kappa shape index (κ2) is 18.7. The van der Waals surface area contributed by atoms with E-state index in [1.165, 1.54) is 12.0 Å². The van der Waals surface area contributed by atoms with Gasteiger partial charge in [0, 0.05) is 17.7 Å². The van der Waals surface area contributed by atoms with Gasteiger partial charge in [-0.2, -0.15) is 13.2 Å². The van der Waals surface area contributed by atoms with Gasteiger partial charge in [0.15, 0.2) is 6.10 Å². The zero-order valence-electron chi connectivity index (χ0n) is 37.0. The number of nitrogens with zero attached hydrogens (tertiary/aromatic N) is 3. The lowest BCUT2D eigenvalue weighted by molar-refractivity contribution is -0.197. The predicted octanol–water partition coefficient (Wildman–Crippen LogP) is 5.98. The average molecular weight is 929 g/mol. The molecule has 352 valence electrons. The maximum absolute atomic E-state index is 14.9. The molecule has 4 amide bonds. The lowest BCUT2D eigenvalue weighted by Crippen LogP contribution is -2.59. The summed E-state index contributed by atoms with van der Waals surface area (Å²) in [5.41, 5.74) is -0.765. The number of halogens is 3. The highest BCUT2D eigenvalue weighted by atomic mass is 32.2. The largest absolute Gasteiger partial charge is 0.497 e. The number of alkyl halides is 3. The van der Waals surface area contributed by atoms with E-state index >= 15 is 0 Å². The number of hydrogen-bond donors (Lipinski definition) is 3. The first-order chi connectivity index (χ1) is 30.7. The number of methoxy groups -OCH3 is 1. The van der Waals surface area contributed by atoms with E-state index in [-0.39, 0.29) is 37.3 Å². The van der Waals surface area contributed by atoms with Gasteiger partial charge in [0.05, 0.1) is 42.6 Å². The summed E-state index contributed by atoms with van der Waals surface area (Å²) in [5, 5.41) is 5.68. The van der Waals surface area contributed by atoms with Crippen molar-refractivity contribution in [3.63, 3.8) is 0 Å². The van der Waals surface area contributed by atoms with Gasteiger partial charge >= 0.3 is 12.3 Å². The number of allylic oxidation sites excluding steroid dienone is 1. The van der Waals surface area contributed by atoms with Gasteiger partial charge in [-0.25, -0.2) is 18.2 Å². The number of carbonyl (C=O) groups is 4.